The maximum absolute atomic E-state index is 11.8. The maximum Gasteiger partial charge on any atom is 0.417 e. The second-order valence-corrected chi connectivity index (χ2v) is 4.96. The van der Waals surface area contributed by atoms with E-state index in [9.17, 15) is 4.79 Å². The topological polar surface area (TPSA) is 68.2 Å². The Hall–Kier alpha value is -2.21. The summed E-state index contributed by atoms with van der Waals surface area (Å²) in [5, 5.41) is 8.92. The summed E-state index contributed by atoms with van der Waals surface area (Å²) in [7, 11) is 0. The van der Waals surface area contributed by atoms with Crippen LogP contribution in [0.25, 0.3) is 0 Å². The van der Waals surface area contributed by atoms with Crippen LogP contribution in [0.15, 0.2) is 48.0 Å². The smallest absolute Gasteiger partial charge is 0.417 e. The molecule has 0 aromatic rings. The van der Waals surface area contributed by atoms with E-state index in [2.05, 4.69) is 6.08 Å². The molecule has 1 aliphatic carbocycles. The highest BCUT2D eigenvalue weighted by Crippen LogP contribution is 2.29. The predicted octanol–water partition coefficient (Wildman–Crippen LogP) is 2.15. The number of aliphatic hydroxyl groups excluding tert-OH is 1. The Morgan fingerprint density at radius 2 is 2.29 bits per heavy atom. The fourth-order valence-electron chi connectivity index (χ4n) is 2.38. The van der Waals surface area contributed by atoms with Crippen LogP contribution in [0.5, 0.6) is 0 Å². The van der Waals surface area contributed by atoms with Crippen molar-refractivity contribution in [3.8, 4) is 0 Å². The summed E-state index contributed by atoms with van der Waals surface area (Å²) in [5.74, 6) is 0.920. The first-order valence-electron chi connectivity index (χ1n) is 6.96. The molecule has 0 aromatic heterocycles. The lowest BCUT2D eigenvalue weighted by Gasteiger charge is -2.23. The van der Waals surface area contributed by atoms with Gasteiger partial charge in [-0.15, -0.1) is 0 Å². The minimum absolute atomic E-state index is 0.0213. The molecule has 6 heteroatoms. The molecule has 112 valence electrons. The number of nitrogens with zero attached hydrogens (tertiary/aromatic N) is 1. The zero-order valence-corrected chi connectivity index (χ0v) is 11.5. The second-order valence-electron chi connectivity index (χ2n) is 4.96. The highest BCUT2D eigenvalue weighted by atomic mass is 16.6. The van der Waals surface area contributed by atoms with Crippen molar-refractivity contribution >= 4 is 6.09 Å². The molecular weight excluding hydrogens is 274 g/mol. The molecule has 1 amide bonds. The van der Waals surface area contributed by atoms with Gasteiger partial charge in [0.25, 0.3) is 0 Å². The average Bonchev–Trinajstić information content (AvgIpc) is 2.89. The van der Waals surface area contributed by atoms with Gasteiger partial charge in [0.15, 0.2) is 12.0 Å². The van der Waals surface area contributed by atoms with Crippen molar-refractivity contribution < 1.29 is 24.1 Å². The van der Waals surface area contributed by atoms with E-state index >= 15 is 0 Å². The molecule has 6 nitrogen and oxygen atoms in total. The van der Waals surface area contributed by atoms with Crippen molar-refractivity contribution in [3.63, 3.8) is 0 Å². The van der Waals surface area contributed by atoms with Crippen molar-refractivity contribution in [1.82, 2.24) is 4.90 Å². The minimum Gasteiger partial charge on any atom is -0.463 e. The molecule has 1 N–H and O–H groups in total. The number of carbonyl (C=O) groups excluding carboxylic acids is 1. The Kier molecular flexibility index (Phi) is 3.96. The van der Waals surface area contributed by atoms with Gasteiger partial charge >= 0.3 is 6.09 Å². The number of cyclic esters (lactones) is 1. The Labute approximate surface area is 122 Å². The lowest BCUT2D eigenvalue weighted by molar-refractivity contribution is 0.111. The van der Waals surface area contributed by atoms with Gasteiger partial charge < -0.3 is 19.3 Å². The Bertz CT molecular complexity index is 546. The van der Waals surface area contributed by atoms with Crippen LogP contribution in [0.4, 0.5) is 4.79 Å². The van der Waals surface area contributed by atoms with Crippen LogP contribution < -0.4 is 0 Å². The van der Waals surface area contributed by atoms with Gasteiger partial charge in [0.1, 0.15) is 12.4 Å². The molecule has 0 unspecified atom stereocenters. The molecule has 0 aromatic carbocycles. The average molecular weight is 291 g/mol. The third-order valence-electron chi connectivity index (χ3n) is 3.48. The normalized spacial score (nSPS) is 24.6. The lowest BCUT2D eigenvalue weighted by Crippen LogP contribution is -2.27. The first kappa shape index (κ1) is 13.8. The molecule has 2 heterocycles. The van der Waals surface area contributed by atoms with Crippen LogP contribution in [0, 0.1) is 0 Å². The molecule has 1 saturated heterocycles. The van der Waals surface area contributed by atoms with E-state index in [1.54, 1.807) is 0 Å². The molecule has 0 saturated carbocycles. The highest BCUT2D eigenvalue weighted by molar-refractivity contribution is 5.71. The fraction of sp³-hybridized carbons (Fsp3) is 0.400. The standard InChI is InChI=1S/C15H17NO5/c17-7-6-12-8-16(15(18)20-12)14-10-19-9-13(21-14)11-4-2-1-3-5-11/h1-2,4,9-10,12,17H,3,5-8H2/t12-/m1/s1. The zero-order chi connectivity index (χ0) is 14.7. The van der Waals surface area contributed by atoms with E-state index in [-0.39, 0.29) is 12.7 Å². The van der Waals surface area contributed by atoms with Gasteiger partial charge in [-0.2, -0.15) is 0 Å². The molecule has 0 bridgehead atoms. The van der Waals surface area contributed by atoms with E-state index in [0.29, 0.717) is 24.6 Å². The quantitative estimate of drug-likeness (QED) is 0.859. The zero-order valence-electron chi connectivity index (χ0n) is 11.5. The second kappa shape index (κ2) is 6.05. The predicted molar refractivity (Wildman–Crippen MR) is 73.5 cm³/mol. The molecule has 3 rings (SSSR count). The largest absolute Gasteiger partial charge is 0.463 e. The number of aliphatic hydroxyl groups is 1. The monoisotopic (exact) mass is 291 g/mol. The van der Waals surface area contributed by atoms with Crippen molar-refractivity contribution in [3.05, 3.63) is 48.0 Å². The molecule has 3 aliphatic rings. The Morgan fingerprint density at radius 3 is 3.05 bits per heavy atom. The van der Waals surface area contributed by atoms with Gasteiger partial charge in [0.05, 0.1) is 6.54 Å². The molecule has 0 radical (unpaired) electrons. The number of allylic oxidation sites excluding steroid dienone is 4. The fourth-order valence-corrected chi connectivity index (χ4v) is 2.38. The number of hydrogen-bond acceptors (Lipinski definition) is 5. The van der Waals surface area contributed by atoms with Crippen molar-refractivity contribution in [1.29, 1.82) is 0 Å². The molecule has 2 aliphatic heterocycles. The summed E-state index contributed by atoms with van der Waals surface area (Å²) in [6.45, 7) is 0.327. The summed E-state index contributed by atoms with van der Waals surface area (Å²) in [5.41, 5.74) is 1.03. The van der Waals surface area contributed by atoms with Gasteiger partial charge in [-0.1, -0.05) is 18.2 Å². The van der Waals surface area contributed by atoms with E-state index in [1.807, 2.05) is 12.2 Å². The number of hydrogen-bond donors (Lipinski definition) is 1. The van der Waals surface area contributed by atoms with Crippen molar-refractivity contribution in [2.75, 3.05) is 13.2 Å². The first-order chi connectivity index (χ1) is 10.3. The van der Waals surface area contributed by atoms with Gasteiger partial charge in [-0.25, -0.2) is 9.69 Å². The minimum atomic E-state index is -0.484. The van der Waals surface area contributed by atoms with Crippen LogP contribution in [0.1, 0.15) is 19.3 Å². The first-order valence-corrected chi connectivity index (χ1v) is 6.96. The summed E-state index contributed by atoms with van der Waals surface area (Å²) in [6.07, 6.45) is 10.4. The number of amides is 1. The van der Waals surface area contributed by atoms with Crippen LogP contribution in [-0.2, 0) is 14.2 Å². The maximum atomic E-state index is 11.8. The van der Waals surface area contributed by atoms with E-state index in [1.165, 1.54) is 17.4 Å². The summed E-state index contributed by atoms with van der Waals surface area (Å²) in [6, 6.07) is 0. The SMILES string of the molecule is O=C1O[C@H](CCO)CN1C1=COC=C(C2=CC=CCC2)O1. The third kappa shape index (κ3) is 2.95. The molecule has 1 fully saturated rings. The van der Waals surface area contributed by atoms with Gasteiger partial charge in [0, 0.05) is 13.0 Å². The van der Waals surface area contributed by atoms with E-state index < -0.39 is 6.09 Å². The summed E-state index contributed by atoms with van der Waals surface area (Å²) in [4.78, 5) is 13.2. The molecular formula is C15H17NO5. The van der Waals surface area contributed by atoms with Crippen LogP contribution in [-0.4, -0.2) is 35.4 Å². The van der Waals surface area contributed by atoms with Crippen LogP contribution in [0.2, 0.25) is 0 Å². The van der Waals surface area contributed by atoms with Crippen molar-refractivity contribution in [2.45, 2.75) is 25.4 Å². The van der Waals surface area contributed by atoms with Gasteiger partial charge in [-0.3, -0.25) is 0 Å². The molecule has 1 atom stereocenters. The van der Waals surface area contributed by atoms with Gasteiger partial charge in [-0.05, 0) is 18.4 Å². The van der Waals surface area contributed by atoms with E-state index in [4.69, 9.17) is 19.3 Å². The summed E-state index contributed by atoms with van der Waals surface area (Å²) >= 11 is 0. The van der Waals surface area contributed by atoms with Crippen LogP contribution in [0.3, 0.4) is 0 Å². The number of rotatable bonds is 4. The number of carbonyl (C=O) groups is 1. The molecule has 0 spiro atoms. The van der Waals surface area contributed by atoms with Crippen LogP contribution >= 0.6 is 0 Å². The third-order valence-corrected chi connectivity index (χ3v) is 3.48. The van der Waals surface area contributed by atoms with Gasteiger partial charge in [0.2, 0.25) is 5.88 Å². The Morgan fingerprint density at radius 1 is 1.38 bits per heavy atom. The highest BCUT2D eigenvalue weighted by Gasteiger charge is 2.35. The number of ether oxygens (including phenoxy) is 3. The molecule has 21 heavy (non-hydrogen) atoms. The van der Waals surface area contributed by atoms with Crippen molar-refractivity contribution in [2.24, 2.45) is 0 Å². The summed E-state index contributed by atoms with van der Waals surface area (Å²) < 4.78 is 16.2. The Balaban J connectivity index is 1.67. The van der Waals surface area contributed by atoms with E-state index in [0.717, 1.165) is 18.4 Å². The lowest BCUT2D eigenvalue weighted by atomic mass is 10.0.